The van der Waals surface area contributed by atoms with Crippen molar-refractivity contribution < 1.29 is 0 Å². The molecule has 0 radical (unpaired) electrons. The van der Waals surface area contributed by atoms with Crippen molar-refractivity contribution in [3.63, 3.8) is 0 Å². The molecule has 0 aliphatic carbocycles. The van der Waals surface area contributed by atoms with E-state index in [0.29, 0.717) is 5.16 Å². The topological polar surface area (TPSA) is 53.6 Å². The predicted molar refractivity (Wildman–Crippen MR) is 89.2 cm³/mol. The first-order valence-electron chi connectivity index (χ1n) is 6.31. The van der Waals surface area contributed by atoms with Crippen molar-refractivity contribution in [1.29, 1.82) is 0 Å². The lowest BCUT2D eigenvalue weighted by Gasteiger charge is -2.23. The third-order valence-corrected chi connectivity index (χ3v) is 3.75. The average Bonchev–Trinajstić information content (AvgIpc) is 2.71. The van der Waals surface area contributed by atoms with Crippen LogP contribution in [0.1, 0.15) is 17.5 Å². The summed E-state index contributed by atoms with van der Waals surface area (Å²) in [5.41, 5.74) is 12.4. The number of nitrogens with zero attached hydrogens (tertiary/aromatic N) is 2. The van der Waals surface area contributed by atoms with Crippen LogP contribution in [0.3, 0.4) is 0 Å². The average molecular weight is 309 g/mol. The normalized spacial score (nSPS) is 15.2. The molecule has 0 fully saturated rings. The number of hydrogen-bond donors (Lipinski definition) is 2. The van der Waals surface area contributed by atoms with Gasteiger partial charge in [0.25, 0.3) is 0 Å². The summed E-state index contributed by atoms with van der Waals surface area (Å²) < 4.78 is 0. The van der Waals surface area contributed by atoms with Gasteiger partial charge in [-0.05, 0) is 43.6 Å². The highest BCUT2D eigenvalue weighted by atomic mass is 35.5. The fourth-order valence-corrected chi connectivity index (χ4v) is 2.70. The van der Waals surface area contributed by atoms with Crippen LogP contribution < -0.4 is 16.1 Å². The van der Waals surface area contributed by atoms with Gasteiger partial charge in [0.15, 0.2) is 5.11 Å². The SMILES string of the molecule is Cc1cccc(C)c1N1CCC(/C=N\NC(N)=S)=C1Cl. The zero-order valence-electron chi connectivity index (χ0n) is 11.5. The third kappa shape index (κ3) is 3.11. The van der Waals surface area contributed by atoms with Crippen molar-refractivity contribution in [2.24, 2.45) is 10.8 Å². The predicted octanol–water partition coefficient (Wildman–Crippen LogP) is 2.78. The van der Waals surface area contributed by atoms with Crippen molar-refractivity contribution in [2.75, 3.05) is 11.4 Å². The Hall–Kier alpha value is -1.59. The Kier molecular flexibility index (Phi) is 4.62. The summed E-state index contributed by atoms with van der Waals surface area (Å²) in [6, 6.07) is 6.23. The molecule has 3 N–H and O–H groups in total. The first-order chi connectivity index (χ1) is 9.50. The number of thiocarbonyl (C=S) groups is 1. The Balaban J connectivity index is 2.26. The summed E-state index contributed by atoms with van der Waals surface area (Å²) in [5.74, 6) is 0. The molecule has 4 nitrogen and oxygen atoms in total. The fraction of sp³-hybridized carbons (Fsp3) is 0.286. The Labute approximate surface area is 129 Å². The van der Waals surface area contributed by atoms with Crippen LogP contribution in [0.2, 0.25) is 0 Å². The van der Waals surface area contributed by atoms with E-state index in [1.54, 1.807) is 6.21 Å². The molecular formula is C14H17ClN4S. The lowest BCUT2D eigenvalue weighted by molar-refractivity contribution is 0.971. The van der Waals surface area contributed by atoms with E-state index in [1.807, 2.05) is 0 Å². The minimum atomic E-state index is 0.141. The molecule has 1 heterocycles. The standard InChI is InChI=1S/C14H17ClN4S/c1-9-4-3-5-10(2)12(9)19-7-6-11(13(19)15)8-17-18-14(16)20/h3-5,8H,6-7H2,1-2H3,(H3,16,18,20)/b17-8-. The van der Waals surface area contributed by atoms with Crippen LogP contribution in [0.15, 0.2) is 34.0 Å². The number of anilines is 1. The summed E-state index contributed by atoms with van der Waals surface area (Å²) >= 11 is 11.2. The Morgan fingerprint density at radius 2 is 2.10 bits per heavy atom. The van der Waals surface area contributed by atoms with Gasteiger partial charge < -0.3 is 10.6 Å². The first-order valence-corrected chi connectivity index (χ1v) is 7.10. The molecule has 0 aromatic heterocycles. The van der Waals surface area contributed by atoms with Gasteiger partial charge in [0.1, 0.15) is 5.16 Å². The van der Waals surface area contributed by atoms with Crippen LogP contribution in [0.5, 0.6) is 0 Å². The first kappa shape index (κ1) is 14.8. The number of nitrogens with two attached hydrogens (primary N) is 1. The smallest absolute Gasteiger partial charge is 0.184 e. The molecule has 0 amide bonds. The molecule has 0 spiro atoms. The maximum Gasteiger partial charge on any atom is 0.184 e. The molecule has 1 aromatic rings. The fourth-order valence-electron chi connectivity index (χ4n) is 2.34. The van der Waals surface area contributed by atoms with Gasteiger partial charge in [0.05, 0.1) is 6.21 Å². The second-order valence-electron chi connectivity index (χ2n) is 4.69. The highest BCUT2D eigenvalue weighted by Gasteiger charge is 2.23. The zero-order valence-corrected chi connectivity index (χ0v) is 13.1. The number of halogens is 1. The van der Waals surface area contributed by atoms with E-state index in [0.717, 1.165) is 18.5 Å². The maximum absolute atomic E-state index is 6.46. The van der Waals surface area contributed by atoms with Crippen LogP contribution in [-0.2, 0) is 0 Å². The largest absolute Gasteiger partial charge is 0.375 e. The quantitative estimate of drug-likeness (QED) is 0.390. The van der Waals surface area contributed by atoms with E-state index in [1.165, 1.54) is 16.8 Å². The number of nitrogens with one attached hydrogen (secondary N) is 1. The van der Waals surface area contributed by atoms with Gasteiger partial charge in [-0.1, -0.05) is 29.8 Å². The van der Waals surface area contributed by atoms with E-state index >= 15 is 0 Å². The van der Waals surface area contributed by atoms with Gasteiger partial charge in [-0.25, -0.2) is 0 Å². The van der Waals surface area contributed by atoms with E-state index in [2.05, 4.69) is 47.5 Å². The minimum absolute atomic E-state index is 0.141. The molecule has 6 heteroatoms. The van der Waals surface area contributed by atoms with Crippen LogP contribution in [0.4, 0.5) is 5.69 Å². The highest BCUT2D eigenvalue weighted by molar-refractivity contribution is 7.80. The Morgan fingerprint density at radius 3 is 2.70 bits per heavy atom. The number of hydrazone groups is 1. The maximum atomic E-state index is 6.46. The summed E-state index contributed by atoms with van der Waals surface area (Å²) in [7, 11) is 0. The van der Waals surface area contributed by atoms with Gasteiger partial charge >= 0.3 is 0 Å². The van der Waals surface area contributed by atoms with E-state index in [-0.39, 0.29) is 5.11 Å². The second-order valence-corrected chi connectivity index (χ2v) is 5.49. The molecule has 2 rings (SSSR count). The number of rotatable bonds is 3. The van der Waals surface area contributed by atoms with Gasteiger partial charge in [-0.3, -0.25) is 5.43 Å². The number of para-hydroxylation sites is 1. The van der Waals surface area contributed by atoms with Crippen LogP contribution in [0, 0.1) is 13.8 Å². The monoisotopic (exact) mass is 308 g/mol. The van der Waals surface area contributed by atoms with Crippen molar-refractivity contribution in [1.82, 2.24) is 5.43 Å². The van der Waals surface area contributed by atoms with Crippen LogP contribution in [-0.4, -0.2) is 17.9 Å². The lowest BCUT2D eigenvalue weighted by atomic mass is 10.1. The molecule has 0 saturated heterocycles. The van der Waals surface area contributed by atoms with Gasteiger partial charge in [0.2, 0.25) is 0 Å². The molecule has 106 valence electrons. The zero-order chi connectivity index (χ0) is 14.7. The number of aryl methyl sites for hydroxylation is 2. The second kappa shape index (κ2) is 6.24. The third-order valence-electron chi connectivity index (χ3n) is 3.21. The van der Waals surface area contributed by atoms with Crippen molar-refractivity contribution >= 4 is 40.8 Å². The molecule has 0 atom stereocenters. The number of benzene rings is 1. The molecular weight excluding hydrogens is 292 g/mol. The van der Waals surface area contributed by atoms with E-state index in [9.17, 15) is 0 Å². The molecule has 1 aromatic carbocycles. The summed E-state index contributed by atoms with van der Waals surface area (Å²) in [6.45, 7) is 5.03. The lowest BCUT2D eigenvalue weighted by Crippen LogP contribution is -2.24. The van der Waals surface area contributed by atoms with Crippen LogP contribution in [0.25, 0.3) is 0 Å². The summed E-state index contributed by atoms with van der Waals surface area (Å²) in [4.78, 5) is 2.12. The van der Waals surface area contributed by atoms with Gasteiger partial charge in [0, 0.05) is 17.8 Å². The molecule has 1 aliphatic heterocycles. The van der Waals surface area contributed by atoms with Crippen molar-refractivity contribution in [2.45, 2.75) is 20.3 Å². The summed E-state index contributed by atoms with van der Waals surface area (Å²) in [6.07, 6.45) is 2.52. The van der Waals surface area contributed by atoms with E-state index in [4.69, 9.17) is 29.6 Å². The summed E-state index contributed by atoms with van der Waals surface area (Å²) in [5, 5.41) is 4.81. The van der Waals surface area contributed by atoms with E-state index < -0.39 is 0 Å². The number of hydrogen-bond acceptors (Lipinski definition) is 3. The highest BCUT2D eigenvalue weighted by Crippen LogP contribution is 2.34. The molecule has 20 heavy (non-hydrogen) atoms. The van der Waals surface area contributed by atoms with Crippen LogP contribution >= 0.6 is 23.8 Å². The van der Waals surface area contributed by atoms with Crippen molar-refractivity contribution in [3.05, 3.63) is 40.1 Å². The van der Waals surface area contributed by atoms with Gasteiger partial charge in [-0.2, -0.15) is 5.10 Å². The minimum Gasteiger partial charge on any atom is -0.375 e. The molecule has 1 aliphatic rings. The molecule has 0 unspecified atom stereocenters. The Morgan fingerprint density at radius 1 is 1.45 bits per heavy atom. The molecule has 0 bridgehead atoms. The Bertz CT molecular complexity index is 575. The van der Waals surface area contributed by atoms with Gasteiger partial charge in [-0.15, -0.1) is 0 Å². The van der Waals surface area contributed by atoms with Crippen molar-refractivity contribution in [3.8, 4) is 0 Å². The molecule has 0 saturated carbocycles.